The molecule has 1 aliphatic heterocycles. The molecule has 3 aromatic carbocycles. The number of hydrogen-bond donors (Lipinski definition) is 3. The van der Waals surface area contributed by atoms with Crippen molar-refractivity contribution in [3.05, 3.63) is 81.9 Å². The van der Waals surface area contributed by atoms with E-state index >= 15 is 0 Å². The van der Waals surface area contributed by atoms with Crippen LogP contribution in [-0.2, 0) is 30.8 Å². The standard InChI is InChI=1S/C35H41N3O7S/c1-20-21(2)32(22(3)28-18-35(4,5)45-31(20)28)46(42,43)38-34(36)37-16-10-11-23(33(40)41)17-30(39)44-19-29-26-14-8-6-12-24(26)25-13-7-9-15-27(25)29/h6-9,12-15,23,29H,10-11,16-19H2,1-5H3,(H,40,41)(H3,36,37,38)/t23-/m1/s1. The highest BCUT2D eigenvalue weighted by Crippen LogP contribution is 2.45. The van der Waals surface area contributed by atoms with E-state index in [1.807, 2.05) is 69.3 Å². The van der Waals surface area contributed by atoms with Crippen LogP contribution in [0.5, 0.6) is 5.75 Å². The van der Waals surface area contributed by atoms with Gasteiger partial charge in [0.25, 0.3) is 10.0 Å². The highest BCUT2D eigenvalue weighted by Gasteiger charge is 2.37. The van der Waals surface area contributed by atoms with E-state index in [0.717, 1.165) is 39.1 Å². The lowest BCUT2D eigenvalue weighted by atomic mass is 9.94. The van der Waals surface area contributed by atoms with Crippen molar-refractivity contribution in [2.45, 2.75) is 76.7 Å². The van der Waals surface area contributed by atoms with Gasteiger partial charge in [0.05, 0.1) is 17.2 Å². The molecule has 5 rings (SSSR count). The Kier molecular flexibility index (Phi) is 9.17. The van der Waals surface area contributed by atoms with Gasteiger partial charge in [0, 0.05) is 24.4 Å². The second kappa shape index (κ2) is 12.8. The Morgan fingerprint density at radius 3 is 2.26 bits per heavy atom. The van der Waals surface area contributed by atoms with Crippen LogP contribution in [0.25, 0.3) is 11.1 Å². The lowest BCUT2D eigenvalue weighted by molar-refractivity contribution is -0.152. The normalized spacial score (nSPS) is 15.8. The van der Waals surface area contributed by atoms with Crippen LogP contribution in [0.15, 0.2) is 58.4 Å². The molecule has 1 heterocycles. The van der Waals surface area contributed by atoms with E-state index < -0.39 is 33.5 Å². The number of hydrogen-bond acceptors (Lipinski definition) is 7. The van der Waals surface area contributed by atoms with Crippen LogP contribution in [0.4, 0.5) is 0 Å². The number of nitrogens with one attached hydrogen (secondary N) is 1. The van der Waals surface area contributed by atoms with Gasteiger partial charge in [-0.1, -0.05) is 48.5 Å². The maximum Gasteiger partial charge on any atom is 0.307 e. The molecular formula is C35H41N3O7S. The summed E-state index contributed by atoms with van der Waals surface area (Å²) >= 11 is 0. The van der Waals surface area contributed by atoms with Crippen molar-refractivity contribution in [2.75, 3.05) is 13.2 Å². The van der Waals surface area contributed by atoms with Gasteiger partial charge in [0.1, 0.15) is 18.0 Å². The van der Waals surface area contributed by atoms with Gasteiger partial charge in [-0.2, -0.15) is 0 Å². The first-order valence-electron chi connectivity index (χ1n) is 15.4. The molecule has 46 heavy (non-hydrogen) atoms. The molecule has 4 N–H and O–H groups in total. The van der Waals surface area contributed by atoms with E-state index in [9.17, 15) is 23.1 Å². The summed E-state index contributed by atoms with van der Waals surface area (Å²) in [4.78, 5) is 29.0. The topological polar surface area (TPSA) is 157 Å². The van der Waals surface area contributed by atoms with Crippen LogP contribution in [0.3, 0.4) is 0 Å². The number of aliphatic imine (C=N–C) groups is 1. The van der Waals surface area contributed by atoms with E-state index in [1.54, 1.807) is 13.8 Å². The fraction of sp³-hybridized carbons (Fsp3) is 0.400. The molecule has 2 aliphatic rings. The number of guanidine groups is 1. The molecule has 0 fully saturated rings. The second-order valence-corrected chi connectivity index (χ2v) is 14.3. The van der Waals surface area contributed by atoms with E-state index in [2.05, 4.69) is 9.71 Å². The van der Waals surface area contributed by atoms with E-state index in [0.29, 0.717) is 17.5 Å². The Bertz CT molecular complexity index is 1790. The van der Waals surface area contributed by atoms with E-state index in [4.69, 9.17) is 15.2 Å². The summed E-state index contributed by atoms with van der Waals surface area (Å²) in [5.41, 5.74) is 12.7. The van der Waals surface area contributed by atoms with Crippen LogP contribution < -0.4 is 15.2 Å². The molecule has 0 saturated carbocycles. The monoisotopic (exact) mass is 647 g/mol. The summed E-state index contributed by atoms with van der Waals surface area (Å²) in [6.07, 6.45) is 0.718. The van der Waals surface area contributed by atoms with Gasteiger partial charge >= 0.3 is 11.9 Å². The molecule has 0 saturated heterocycles. The summed E-state index contributed by atoms with van der Waals surface area (Å²) in [7, 11) is -4.05. The fourth-order valence-corrected chi connectivity index (χ4v) is 8.12. The van der Waals surface area contributed by atoms with Crippen molar-refractivity contribution in [3.8, 4) is 16.9 Å². The van der Waals surface area contributed by atoms with Crippen LogP contribution in [0.2, 0.25) is 0 Å². The van der Waals surface area contributed by atoms with Gasteiger partial charge in [-0.15, -0.1) is 0 Å². The number of carboxylic acid groups (broad SMARTS) is 1. The van der Waals surface area contributed by atoms with Crippen molar-refractivity contribution in [3.63, 3.8) is 0 Å². The lowest BCUT2D eigenvalue weighted by Gasteiger charge is -2.19. The Morgan fingerprint density at radius 1 is 1.04 bits per heavy atom. The molecule has 1 aliphatic carbocycles. The molecule has 11 heteroatoms. The van der Waals surface area contributed by atoms with Crippen molar-refractivity contribution < 1.29 is 32.6 Å². The number of benzene rings is 3. The maximum atomic E-state index is 13.4. The highest BCUT2D eigenvalue weighted by molar-refractivity contribution is 7.90. The zero-order valence-corrected chi connectivity index (χ0v) is 27.7. The minimum Gasteiger partial charge on any atom is -0.487 e. The van der Waals surface area contributed by atoms with Crippen molar-refractivity contribution >= 4 is 27.9 Å². The Hall–Kier alpha value is -4.38. The Morgan fingerprint density at radius 2 is 1.65 bits per heavy atom. The smallest absolute Gasteiger partial charge is 0.307 e. The third-order valence-corrected chi connectivity index (χ3v) is 10.6. The minimum atomic E-state index is -4.05. The lowest BCUT2D eigenvalue weighted by Crippen LogP contribution is -2.37. The molecule has 244 valence electrons. The van der Waals surface area contributed by atoms with Crippen molar-refractivity contribution in [1.29, 1.82) is 0 Å². The number of carbonyl (C=O) groups is 2. The van der Waals surface area contributed by atoms with Crippen LogP contribution in [-0.4, -0.2) is 50.2 Å². The number of carbonyl (C=O) groups excluding carboxylic acids is 1. The number of esters is 1. The average Bonchev–Trinajstić information content (AvgIpc) is 3.50. The molecule has 3 aromatic rings. The summed E-state index contributed by atoms with van der Waals surface area (Å²) < 4.78 is 40.8. The predicted octanol–water partition coefficient (Wildman–Crippen LogP) is 5.15. The van der Waals surface area contributed by atoms with Gasteiger partial charge in [-0.05, 0) is 86.4 Å². The number of rotatable bonds is 11. The largest absolute Gasteiger partial charge is 0.487 e. The predicted molar refractivity (Wildman–Crippen MR) is 176 cm³/mol. The maximum absolute atomic E-state index is 13.4. The molecule has 0 bridgehead atoms. The highest BCUT2D eigenvalue weighted by atomic mass is 32.2. The van der Waals surface area contributed by atoms with Crippen LogP contribution >= 0.6 is 0 Å². The minimum absolute atomic E-state index is 0.0754. The average molecular weight is 648 g/mol. The number of sulfonamides is 1. The number of nitrogens with zero attached hydrogens (tertiary/aromatic N) is 1. The summed E-state index contributed by atoms with van der Waals surface area (Å²) in [6, 6.07) is 16.0. The van der Waals surface area contributed by atoms with Crippen molar-refractivity contribution in [1.82, 2.24) is 4.72 Å². The van der Waals surface area contributed by atoms with Crippen molar-refractivity contribution in [2.24, 2.45) is 16.6 Å². The van der Waals surface area contributed by atoms with Gasteiger partial charge in [-0.3, -0.25) is 14.6 Å². The van der Waals surface area contributed by atoms with Crippen LogP contribution in [0, 0.1) is 26.7 Å². The molecule has 1 atom stereocenters. The molecule has 0 amide bonds. The molecule has 0 spiro atoms. The first kappa shape index (κ1) is 33.0. The van der Waals surface area contributed by atoms with Gasteiger partial charge in [0.15, 0.2) is 0 Å². The zero-order chi connectivity index (χ0) is 33.4. The molecule has 0 unspecified atom stereocenters. The van der Waals surface area contributed by atoms with E-state index in [-0.39, 0.29) is 49.2 Å². The first-order chi connectivity index (χ1) is 21.7. The van der Waals surface area contributed by atoms with Gasteiger partial charge in [-0.25, -0.2) is 13.1 Å². The zero-order valence-electron chi connectivity index (χ0n) is 26.8. The molecule has 0 radical (unpaired) electrons. The van der Waals surface area contributed by atoms with Gasteiger partial charge < -0.3 is 20.3 Å². The summed E-state index contributed by atoms with van der Waals surface area (Å²) in [5, 5.41) is 9.75. The number of carboxylic acids is 1. The number of nitrogens with two attached hydrogens (primary N) is 1. The quantitative estimate of drug-likeness (QED) is 0.112. The molecule has 0 aromatic heterocycles. The second-order valence-electron chi connectivity index (χ2n) is 12.7. The number of aliphatic carboxylic acids is 1. The summed E-state index contributed by atoms with van der Waals surface area (Å²) in [5.74, 6) is -2.36. The SMILES string of the molecule is Cc1c(C)c(S(=O)(=O)NC(N)=NCCC[C@H](CC(=O)OCC2c3ccccc3-c3ccccc32)C(=O)O)c(C)c2c1OC(C)(C)C2. The third-order valence-electron chi connectivity index (χ3n) is 8.93. The Labute approximate surface area is 270 Å². The molecule has 10 nitrogen and oxygen atoms in total. The van der Waals surface area contributed by atoms with Crippen LogP contribution in [0.1, 0.15) is 72.4 Å². The summed E-state index contributed by atoms with van der Waals surface area (Å²) in [6.45, 7) is 9.46. The number of fused-ring (bicyclic) bond motifs is 4. The third kappa shape index (κ3) is 6.60. The van der Waals surface area contributed by atoms with Gasteiger partial charge in [0.2, 0.25) is 5.96 Å². The first-order valence-corrected chi connectivity index (χ1v) is 16.9. The van der Waals surface area contributed by atoms with E-state index in [1.165, 1.54) is 0 Å². The Balaban J connectivity index is 1.16. The molecular weight excluding hydrogens is 606 g/mol. The fourth-order valence-electron chi connectivity index (χ4n) is 6.59. The number of ether oxygens (including phenoxy) is 2.